The maximum absolute atomic E-state index is 13.4. The lowest BCUT2D eigenvalue weighted by Crippen LogP contribution is -2.40. The summed E-state index contributed by atoms with van der Waals surface area (Å²) in [6.45, 7) is 6.31. The monoisotopic (exact) mass is 451 g/mol. The van der Waals surface area contributed by atoms with Gasteiger partial charge in [0.1, 0.15) is 0 Å². The number of ether oxygens (including phenoxy) is 1. The number of benzene rings is 2. The normalized spacial score (nSPS) is 14.4. The molecule has 3 aromatic rings. The molecule has 7 heteroatoms. The fourth-order valence-electron chi connectivity index (χ4n) is 4.09. The molecule has 1 aliphatic rings. The predicted octanol–water partition coefficient (Wildman–Crippen LogP) is 4.28. The molecule has 0 spiro atoms. The Kier molecular flexibility index (Phi) is 7.27. The summed E-state index contributed by atoms with van der Waals surface area (Å²) < 4.78 is 7.15. The third-order valence-electron chi connectivity index (χ3n) is 5.71. The minimum absolute atomic E-state index is 0.0467. The fourth-order valence-corrected chi connectivity index (χ4v) is 5.09. The number of amides is 1. The highest BCUT2D eigenvalue weighted by Gasteiger charge is 2.28. The van der Waals surface area contributed by atoms with Gasteiger partial charge in [-0.15, -0.1) is 0 Å². The average molecular weight is 452 g/mol. The van der Waals surface area contributed by atoms with Gasteiger partial charge >= 0.3 is 0 Å². The van der Waals surface area contributed by atoms with Crippen LogP contribution in [0.2, 0.25) is 0 Å². The van der Waals surface area contributed by atoms with Crippen LogP contribution < -0.4 is 10.5 Å². The van der Waals surface area contributed by atoms with Crippen LogP contribution in [-0.2, 0) is 22.5 Å². The van der Waals surface area contributed by atoms with Gasteiger partial charge in [-0.2, -0.15) is 0 Å². The van der Waals surface area contributed by atoms with Crippen molar-refractivity contribution in [3.05, 3.63) is 64.4 Å². The molecule has 1 aromatic heterocycles. The second-order valence-electron chi connectivity index (χ2n) is 7.90. The number of carbonyl (C=O) groups excluding carboxylic acids is 1. The smallest absolute Gasteiger partial charge is 0.262 e. The standard InChI is InChI=1S/C25H29N3O3S/c1-3-31-17-9-16-28-24(30)20-12-5-6-13-21(20)26-25(28)32-18(2)23(29)27-15-8-11-19-10-4-7-14-22(19)27/h4-7,10,12-14,18H,3,8-9,11,15-17H2,1-2H3/t18-/m0/s1. The summed E-state index contributed by atoms with van der Waals surface area (Å²) in [5.74, 6) is 0.0467. The van der Waals surface area contributed by atoms with E-state index in [4.69, 9.17) is 9.72 Å². The van der Waals surface area contributed by atoms with E-state index < -0.39 is 0 Å². The number of thioether (sulfide) groups is 1. The molecule has 0 saturated carbocycles. The van der Waals surface area contributed by atoms with Crippen molar-refractivity contribution in [1.82, 2.24) is 9.55 Å². The summed E-state index contributed by atoms with van der Waals surface area (Å²) >= 11 is 1.36. The minimum atomic E-state index is -0.368. The Labute approximate surface area is 192 Å². The van der Waals surface area contributed by atoms with Crippen LogP contribution in [-0.4, -0.2) is 40.5 Å². The lowest BCUT2D eigenvalue weighted by Gasteiger charge is -2.31. The molecular formula is C25H29N3O3S. The van der Waals surface area contributed by atoms with Gasteiger partial charge in [-0.25, -0.2) is 4.98 Å². The van der Waals surface area contributed by atoms with Crippen molar-refractivity contribution in [2.24, 2.45) is 0 Å². The zero-order valence-corrected chi connectivity index (χ0v) is 19.4. The van der Waals surface area contributed by atoms with Crippen LogP contribution in [0.25, 0.3) is 10.9 Å². The van der Waals surface area contributed by atoms with E-state index in [0.717, 1.165) is 18.5 Å². The zero-order valence-electron chi connectivity index (χ0n) is 18.6. The van der Waals surface area contributed by atoms with Crippen LogP contribution in [0.4, 0.5) is 5.69 Å². The third-order valence-corrected chi connectivity index (χ3v) is 6.79. The molecule has 0 radical (unpaired) electrons. The molecule has 4 rings (SSSR count). The van der Waals surface area contributed by atoms with Gasteiger partial charge in [0.05, 0.1) is 16.2 Å². The Hall–Kier alpha value is -2.64. The van der Waals surface area contributed by atoms with E-state index in [0.29, 0.717) is 48.8 Å². The van der Waals surface area contributed by atoms with Crippen LogP contribution in [0, 0.1) is 0 Å². The number of aromatic nitrogens is 2. The summed E-state index contributed by atoms with van der Waals surface area (Å²) in [5, 5.41) is 0.806. The maximum atomic E-state index is 13.4. The van der Waals surface area contributed by atoms with Crippen LogP contribution >= 0.6 is 11.8 Å². The second-order valence-corrected chi connectivity index (χ2v) is 9.21. The number of hydrogen-bond acceptors (Lipinski definition) is 5. The lowest BCUT2D eigenvalue weighted by molar-refractivity contribution is -0.117. The van der Waals surface area contributed by atoms with E-state index in [2.05, 4.69) is 6.07 Å². The number of fused-ring (bicyclic) bond motifs is 2. The van der Waals surface area contributed by atoms with E-state index in [1.807, 2.05) is 55.1 Å². The summed E-state index contributed by atoms with van der Waals surface area (Å²) in [5.41, 5.74) is 2.79. The van der Waals surface area contributed by atoms with Crippen molar-refractivity contribution in [2.75, 3.05) is 24.7 Å². The lowest BCUT2D eigenvalue weighted by atomic mass is 10.0. The van der Waals surface area contributed by atoms with Gasteiger partial charge in [0.15, 0.2) is 5.16 Å². The Morgan fingerprint density at radius 2 is 1.97 bits per heavy atom. The molecule has 1 aliphatic heterocycles. The quantitative estimate of drug-likeness (QED) is 0.291. The van der Waals surface area contributed by atoms with E-state index in [1.54, 1.807) is 10.6 Å². The van der Waals surface area contributed by atoms with Gasteiger partial charge < -0.3 is 9.64 Å². The molecule has 0 saturated heterocycles. The Morgan fingerprint density at radius 1 is 1.19 bits per heavy atom. The van der Waals surface area contributed by atoms with Gasteiger partial charge in [-0.1, -0.05) is 42.1 Å². The average Bonchev–Trinajstić information content (AvgIpc) is 2.82. The minimum Gasteiger partial charge on any atom is -0.382 e. The van der Waals surface area contributed by atoms with Gasteiger partial charge in [0.25, 0.3) is 5.56 Å². The highest BCUT2D eigenvalue weighted by molar-refractivity contribution is 8.00. The molecule has 0 bridgehead atoms. The molecule has 2 aromatic carbocycles. The third kappa shape index (κ3) is 4.74. The summed E-state index contributed by atoms with van der Waals surface area (Å²) in [6.07, 6.45) is 2.66. The topological polar surface area (TPSA) is 64.4 Å². The van der Waals surface area contributed by atoms with Gasteiger partial charge in [0, 0.05) is 32.0 Å². The van der Waals surface area contributed by atoms with E-state index in [1.165, 1.54) is 17.3 Å². The summed E-state index contributed by atoms with van der Waals surface area (Å²) in [6, 6.07) is 15.5. The summed E-state index contributed by atoms with van der Waals surface area (Å²) in [7, 11) is 0. The first-order chi connectivity index (χ1) is 15.6. The molecule has 1 atom stereocenters. The first-order valence-electron chi connectivity index (χ1n) is 11.2. The van der Waals surface area contributed by atoms with Crippen molar-refractivity contribution >= 4 is 34.3 Å². The highest BCUT2D eigenvalue weighted by atomic mass is 32.2. The number of anilines is 1. The number of hydrogen-bond donors (Lipinski definition) is 0. The number of aryl methyl sites for hydroxylation is 1. The van der Waals surface area contributed by atoms with Gasteiger partial charge in [0.2, 0.25) is 5.91 Å². The Bertz CT molecular complexity index is 1160. The van der Waals surface area contributed by atoms with Crippen molar-refractivity contribution in [3.8, 4) is 0 Å². The van der Waals surface area contributed by atoms with Gasteiger partial charge in [-0.05, 0) is 56.9 Å². The van der Waals surface area contributed by atoms with Crippen LogP contribution in [0.3, 0.4) is 0 Å². The molecule has 1 amide bonds. The van der Waals surface area contributed by atoms with Gasteiger partial charge in [-0.3, -0.25) is 14.2 Å². The molecule has 0 N–H and O–H groups in total. The van der Waals surface area contributed by atoms with Crippen LogP contribution in [0.5, 0.6) is 0 Å². The maximum Gasteiger partial charge on any atom is 0.262 e. The Balaban J connectivity index is 1.61. The molecular weight excluding hydrogens is 422 g/mol. The second kappa shape index (κ2) is 10.3. The number of nitrogens with zero attached hydrogens (tertiary/aromatic N) is 3. The van der Waals surface area contributed by atoms with Crippen molar-refractivity contribution < 1.29 is 9.53 Å². The number of rotatable bonds is 8. The molecule has 0 unspecified atom stereocenters. The summed E-state index contributed by atoms with van der Waals surface area (Å²) in [4.78, 5) is 33.2. The van der Waals surface area contributed by atoms with Crippen molar-refractivity contribution in [3.63, 3.8) is 0 Å². The van der Waals surface area contributed by atoms with E-state index >= 15 is 0 Å². The SMILES string of the molecule is CCOCCCn1c(S[C@@H](C)C(=O)N2CCCc3ccccc32)nc2ccccc2c1=O. The molecule has 6 nitrogen and oxygen atoms in total. The van der Waals surface area contributed by atoms with Crippen molar-refractivity contribution in [1.29, 1.82) is 0 Å². The van der Waals surface area contributed by atoms with Crippen molar-refractivity contribution in [2.45, 2.75) is 50.1 Å². The molecule has 32 heavy (non-hydrogen) atoms. The van der Waals surface area contributed by atoms with E-state index in [9.17, 15) is 9.59 Å². The zero-order chi connectivity index (χ0) is 22.5. The number of para-hydroxylation sites is 2. The largest absolute Gasteiger partial charge is 0.382 e. The van der Waals surface area contributed by atoms with Crippen LogP contribution in [0.1, 0.15) is 32.3 Å². The first-order valence-corrected chi connectivity index (χ1v) is 12.1. The Morgan fingerprint density at radius 3 is 2.81 bits per heavy atom. The predicted molar refractivity (Wildman–Crippen MR) is 130 cm³/mol. The van der Waals surface area contributed by atoms with E-state index in [-0.39, 0.29) is 16.7 Å². The highest BCUT2D eigenvalue weighted by Crippen LogP contribution is 2.30. The molecule has 168 valence electrons. The fraction of sp³-hybridized carbons (Fsp3) is 0.400. The molecule has 0 fully saturated rings. The first kappa shape index (κ1) is 22.6. The molecule has 0 aliphatic carbocycles. The molecule has 2 heterocycles. The number of carbonyl (C=O) groups is 1. The van der Waals surface area contributed by atoms with Crippen LogP contribution in [0.15, 0.2) is 58.5 Å².